The fourth-order valence-corrected chi connectivity index (χ4v) is 2.04. The molecule has 2 aromatic carbocycles. The van der Waals surface area contributed by atoms with E-state index in [0.717, 1.165) is 11.1 Å². The molecular formula is C14H13ClN2O4S. The molecule has 2 aromatic rings. The quantitative estimate of drug-likeness (QED) is 0.570. The Hall–Kier alpha value is -2.11. The molecular weight excluding hydrogens is 328 g/mol. The minimum Gasteiger partial charge on any atom is -0.399 e. The van der Waals surface area contributed by atoms with Crippen molar-refractivity contribution in [2.75, 3.05) is 5.73 Å². The zero-order valence-electron chi connectivity index (χ0n) is 11.2. The van der Waals surface area contributed by atoms with Crippen LogP contribution in [0.15, 0.2) is 48.5 Å². The second-order valence-electron chi connectivity index (χ2n) is 4.20. The van der Waals surface area contributed by atoms with Crippen molar-refractivity contribution in [2.45, 2.75) is 5.92 Å². The number of nitrogen functional groups attached to an aromatic ring is 1. The summed E-state index contributed by atoms with van der Waals surface area (Å²) in [6, 6.07) is 17.1. The first-order valence-corrected chi connectivity index (χ1v) is 7.69. The Balaban J connectivity index is 0.000000422. The highest BCUT2D eigenvalue weighted by Gasteiger charge is 2.16. The summed E-state index contributed by atoms with van der Waals surface area (Å²) in [5, 5.41) is 9.81. The lowest BCUT2D eigenvalue weighted by Crippen LogP contribution is -1.99. The fraction of sp³-hybridized carbons (Fsp3) is 0.0714. The van der Waals surface area contributed by atoms with E-state index in [1.807, 2.05) is 30.3 Å². The smallest absolute Gasteiger partial charge is 0.394 e. The highest BCUT2D eigenvalue weighted by atomic mass is 35.5. The topological polar surface area (TPSA) is 124 Å². The standard InChI is InChI=1S/C14H11ClN2.H2O4S/c15-14-8-11(17)6-7-12(14)13(9-16)10-4-2-1-3-5-10;1-5(2,3)4/h1-8,13H,17H2;(H2,1,2,3,4). The molecule has 0 amide bonds. The molecule has 116 valence electrons. The normalized spacial score (nSPS) is 11.7. The van der Waals surface area contributed by atoms with Crippen LogP contribution in [-0.2, 0) is 10.4 Å². The van der Waals surface area contributed by atoms with Crippen molar-refractivity contribution in [3.63, 3.8) is 0 Å². The van der Waals surface area contributed by atoms with Crippen LogP contribution in [0.5, 0.6) is 0 Å². The van der Waals surface area contributed by atoms with Gasteiger partial charge in [-0.1, -0.05) is 48.0 Å². The number of hydrogen-bond acceptors (Lipinski definition) is 4. The summed E-state index contributed by atoms with van der Waals surface area (Å²) >= 11 is 6.12. The van der Waals surface area contributed by atoms with Crippen molar-refractivity contribution in [2.24, 2.45) is 0 Å². The van der Waals surface area contributed by atoms with E-state index in [1.54, 1.807) is 18.2 Å². The van der Waals surface area contributed by atoms with Gasteiger partial charge in [-0.05, 0) is 23.3 Å². The summed E-state index contributed by atoms with van der Waals surface area (Å²) in [4.78, 5) is 0. The van der Waals surface area contributed by atoms with Gasteiger partial charge < -0.3 is 5.73 Å². The summed E-state index contributed by atoms with van der Waals surface area (Å²) in [5.41, 5.74) is 7.96. The molecule has 0 saturated carbocycles. The van der Waals surface area contributed by atoms with Crippen LogP contribution in [0.3, 0.4) is 0 Å². The third kappa shape index (κ3) is 6.11. The lowest BCUT2D eigenvalue weighted by molar-refractivity contribution is 0.381. The van der Waals surface area contributed by atoms with Crippen molar-refractivity contribution in [1.82, 2.24) is 0 Å². The molecule has 1 atom stereocenters. The van der Waals surface area contributed by atoms with Crippen LogP contribution in [0, 0.1) is 11.3 Å². The van der Waals surface area contributed by atoms with E-state index in [4.69, 9.17) is 34.9 Å². The summed E-state index contributed by atoms with van der Waals surface area (Å²) < 4.78 is 31.6. The van der Waals surface area contributed by atoms with Crippen LogP contribution in [0.4, 0.5) is 5.69 Å². The number of hydrogen-bond donors (Lipinski definition) is 3. The predicted molar refractivity (Wildman–Crippen MR) is 83.9 cm³/mol. The first-order valence-electron chi connectivity index (χ1n) is 5.91. The largest absolute Gasteiger partial charge is 0.399 e. The van der Waals surface area contributed by atoms with Gasteiger partial charge in [-0.15, -0.1) is 0 Å². The number of nitrogens with zero attached hydrogens (tertiary/aromatic N) is 1. The first kappa shape index (κ1) is 17.9. The lowest BCUT2D eigenvalue weighted by Gasteiger charge is -2.12. The maximum atomic E-state index is 9.29. The molecule has 0 aromatic heterocycles. The second-order valence-corrected chi connectivity index (χ2v) is 5.50. The molecule has 1 unspecified atom stereocenters. The van der Waals surface area contributed by atoms with E-state index in [0.29, 0.717) is 10.7 Å². The van der Waals surface area contributed by atoms with Gasteiger partial charge in [-0.2, -0.15) is 13.7 Å². The minimum absolute atomic E-state index is 0.357. The molecule has 4 N–H and O–H groups in total. The Morgan fingerprint density at radius 3 is 2.14 bits per heavy atom. The Kier molecular flexibility index (Phi) is 6.34. The van der Waals surface area contributed by atoms with Gasteiger partial charge >= 0.3 is 10.4 Å². The van der Waals surface area contributed by atoms with Gasteiger partial charge in [0.2, 0.25) is 0 Å². The SMILES string of the molecule is N#CC(c1ccccc1)c1ccc(N)cc1Cl.O=S(=O)(O)O. The molecule has 0 spiro atoms. The Bertz CT molecular complexity index is 765. The maximum Gasteiger partial charge on any atom is 0.394 e. The molecule has 6 nitrogen and oxygen atoms in total. The average molecular weight is 341 g/mol. The number of nitriles is 1. The van der Waals surface area contributed by atoms with Gasteiger partial charge in [-0.25, -0.2) is 0 Å². The summed E-state index contributed by atoms with van der Waals surface area (Å²) in [7, 11) is -4.67. The van der Waals surface area contributed by atoms with Crippen molar-refractivity contribution in [3.05, 3.63) is 64.7 Å². The maximum absolute atomic E-state index is 9.29. The molecule has 0 aliphatic carbocycles. The lowest BCUT2D eigenvalue weighted by atomic mass is 9.92. The van der Waals surface area contributed by atoms with Crippen molar-refractivity contribution >= 4 is 27.7 Å². The molecule has 22 heavy (non-hydrogen) atoms. The molecule has 0 heterocycles. The second kappa shape index (κ2) is 7.77. The van der Waals surface area contributed by atoms with Gasteiger partial charge in [0.1, 0.15) is 0 Å². The molecule has 8 heteroatoms. The van der Waals surface area contributed by atoms with E-state index in [2.05, 4.69) is 6.07 Å². The highest BCUT2D eigenvalue weighted by Crippen LogP contribution is 2.30. The third-order valence-corrected chi connectivity index (χ3v) is 2.92. The van der Waals surface area contributed by atoms with E-state index >= 15 is 0 Å². The minimum atomic E-state index is -4.67. The Labute approximate surface area is 133 Å². The molecule has 0 fully saturated rings. The van der Waals surface area contributed by atoms with Gasteiger partial charge in [0, 0.05) is 10.7 Å². The zero-order chi connectivity index (χ0) is 16.8. The number of anilines is 1. The van der Waals surface area contributed by atoms with Gasteiger partial charge in [-0.3, -0.25) is 9.11 Å². The third-order valence-electron chi connectivity index (χ3n) is 2.60. The van der Waals surface area contributed by atoms with E-state index in [-0.39, 0.29) is 5.92 Å². The monoisotopic (exact) mass is 340 g/mol. The molecule has 0 saturated heterocycles. The predicted octanol–water partition coefficient (Wildman–Crippen LogP) is 2.92. The van der Waals surface area contributed by atoms with Crippen molar-refractivity contribution in [1.29, 1.82) is 5.26 Å². The summed E-state index contributed by atoms with van der Waals surface area (Å²) in [6.07, 6.45) is 0. The molecule has 0 aliphatic rings. The number of benzene rings is 2. The molecule has 0 bridgehead atoms. The molecule has 2 rings (SSSR count). The van der Waals surface area contributed by atoms with E-state index in [1.165, 1.54) is 0 Å². The van der Waals surface area contributed by atoms with E-state index in [9.17, 15) is 5.26 Å². The molecule has 0 aliphatic heterocycles. The van der Waals surface area contributed by atoms with Gasteiger partial charge in [0.05, 0.1) is 12.0 Å². The number of rotatable bonds is 2. The molecule has 0 radical (unpaired) electrons. The van der Waals surface area contributed by atoms with Crippen LogP contribution in [0.2, 0.25) is 5.02 Å². The zero-order valence-corrected chi connectivity index (χ0v) is 12.8. The van der Waals surface area contributed by atoms with Crippen LogP contribution >= 0.6 is 11.6 Å². The van der Waals surface area contributed by atoms with Gasteiger partial charge in [0.15, 0.2) is 0 Å². The fourth-order valence-electron chi connectivity index (χ4n) is 1.75. The summed E-state index contributed by atoms with van der Waals surface area (Å²) in [5.74, 6) is -0.357. The number of halogens is 1. The Morgan fingerprint density at radius 2 is 1.68 bits per heavy atom. The first-order chi connectivity index (χ1) is 10.2. The van der Waals surface area contributed by atoms with Crippen LogP contribution in [-0.4, -0.2) is 17.5 Å². The van der Waals surface area contributed by atoms with Crippen LogP contribution in [0.25, 0.3) is 0 Å². The van der Waals surface area contributed by atoms with Crippen LogP contribution in [0.1, 0.15) is 17.0 Å². The van der Waals surface area contributed by atoms with Crippen LogP contribution < -0.4 is 5.73 Å². The number of nitrogens with two attached hydrogens (primary N) is 1. The van der Waals surface area contributed by atoms with Crippen molar-refractivity contribution < 1.29 is 17.5 Å². The van der Waals surface area contributed by atoms with E-state index < -0.39 is 10.4 Å². The van der Waals surface area contributed by atoms with Crippen molar-refractivity contribution in [3.8, 4) is 6.07 Å². The highest BCUT2D eigenvalue weighted by molar-refractivity contribution is 7.79. The van der Waals surface area contributed by atoms with Gasteiger partial charge in [0.25, 0.3) is 0 Å². The summed E-state index contributed by atoms with van der Waals surface area (Å²) in [6.45, 7) is 0. The average Bonchev–Trinajstić information content (AvgIpc) is 2.41. The Morgan fingerprint density at radius 1 is 1.14 bits per heavy atom.